The van der Waals surface area contributed by atoms with Crippen molar-refractivity contribution < 1.29 is 19.0 Å². The Bertz CT molecular complexity index is 1140. The molecule has 6 nitrogen and oxygen atoms in total. The first-order valence-electron chi connectivity index (χ1n) is 10.3. The molecule has 7 heteroatoms. The van der Waals surface area contributed by atoms with Crippen LogP contribution < -0.4 is 10.1 Å². The van der Waals surface area contributed by atoms with E-state index in [2.05, 4.69) is 39.6 Å². The standard InChI is InChI=1S/C23H22FN3O.C2H4O2/c24-20-3-1-2-17(14-20)10-11-25-12-13-28-21-7-4-18(5-8-21)19-6-9-22-23(15-19)27-16-26-22;1-2(3)4/h1-9,14-16,25H,10-13H2,(H,26,27);1H3,(H,3,4). The van der Waals surface area contributed by atoms with Gasteiger partial charge in [0.15, 0.2) is 0 Å². The lowest BCUT2D eigenvalue weighted by Crippen LogP contribution is -2.23. The van der Waals surface area contributed by atoms with Gasteiger partial charge in [-0.2, -0.15) is 0 Å². The van der Waals surface area contributed by atoms with Crippen molar-refractivity contribution in [2.75, 3.05) is 19.7 Å². The van der Waals surface area contributed by atoms with Crippen LogP contribution in [0.3, 0.4) is 0 Å². The molecule has 0 spiro atoms. The number of hydrogen-bond acceptors (Lipinski definition) is 4. The van der Waals surface area contributed by atoms with Gasteiger partial charge in [-0.1, -0.05) is 30.3 Å². The maximum Gasteiger partial charge on any atom is 0.300 e. The molecular weight excluding hydrogens is 409 g/mol. The Morgan fingerprint density at radius 1 is 1.06 bits per heavy atom. The molecular formula is C25H26FN3O3. The highest BCUT2D eigenvalue weighted by atomic mass is 19.1. The number of aliphatic carboxylic acids is 1. The minimum atomic E-state index is -0.833. The first kappa shape index (κ1) is 23.0. The number of aromatic nitrogens is 2. The Morgan fingerprint density at radius 2 is 1.81 bits per heavy atom. The maximum atomic E-state index is 13.1. The van der Waals surface area contributed by atoms with Crippen molar-refractivity contribution in [3.05, 3.63) is 84.4 Å². The van der Waals surface area contributed by atoms with Gasteiger partial charge in [0.2, 0.25) is 0 Å². The summed E-state index contributed by atoms with van der Waals surface area (Å²) in [5, 5.41) is 10.7. The Morgan fingerprint density at radius 3 is 2.56 bits per heavy atom. The summed E-state index contributed by atoms with van der Waals surface area (Å²) < 4.78 is 18.9. The molecule has 0 fully saturated rings. The van der Waals surface area contributed by atoms with Crippen molar-refractivity contribution in [1.29, 1.82) is 0 Å². The third kappa shape index (κ3) is 7.21. The first-order valence-corrected chi connectivity index (χ1v) is 10.3. The van der Waals surface area contributed by atoms with Gasteiger partial charge in [0, 0.05) is 13.5 Å². The number of carbonyl (C=O) groups is 1. The number of imidazole rings is 1. The van der Waals surface area contributed by atoms with E-state index >= 15 is 0 Å². The van der Waals surface area contributed by atoms with Crippen LogP contribution in [0.15, 0.2) is 73.1 Å². The first-order chi connectivity index (χ1) is 15.5. The van der Waals surface area contributed by atoms with Crippen molar-refractivity contribution in [2.45, 2.75) is 13.3 Å². The van der Waals surface area contributed by atoms with E-state index in [0.717, 1.165) is 59.9 Å². The molecule has 0 aliphatic carbocycles. The average Bonchev–Trinajstić information content (AvgIpc) is 3.24. The van der Waals surface area contributed by atoms with Crippen LogP contribution in [0.25, 0.3) is 22.2 Å². The average molecular weight is 435 g/mol. The van der Waals surface area contributed by atoms with E-state index < -0.39 is 5.97 Å². The van der Waals surface area contributed by atoms with Crippen molar-refractivity contribution >= 4 is 17.0 Å². The molecule has 3 aromatic carbocycles. The summed E-state index contributed by atoms with van der Waals surface area (Å²) in [7, 11) is 0. The zero-order chi connectivity index (χ0) is 22.8. The van der Waals surface area contributed by atoms with Crippen LogP contribution in [0.5, 0.6) is 5.75 Å². The van der Waals surface area contributed by atoms with Crippen LogP contribution in [0.4, 0.5) is 4.39 Å². The highest BCUT2D eigenvalue weighted by molar-refractivity contribution is 5.81. The van der Waals surface area contributed by atoms with Crippen molar-refractivity contribution in [3.8, 4) is 16.9 Å². The number of halogens is 1. The Kier molecular flexibility index (Phi) is 8.34. The lowest BCUT2D eigenvalue weighted by Gasteiger charge is -2.09. The number of carboxylic acid groups (broad SMARTS) is 1. The summed E-state index contributed by atoms with van der Waals surface area (Å²) in [6.07, 6.45) is 2.50. The fourth-order valence-electron chi connectivity index (χ4n) is 3.15. The second-order valence-electron chi connectivity index (χ2n) is 7.16. The number of ether oxygens (including phenoxy) is 1. The van der Waals surface area contributed by atoms with Crippen LogP contribution in [0.2, 0.25) is 0 Å². The third-order valence-corrected chi connectivity index (χ3v) is 4.63. The normalized spacial score (nSPS) is 10.4. The zero-order valence-electron chi connectivity index (χ0n) is 17.8. The molecule has 1 aromatic heterocycles. The van der Waals surface area contributed by atoms with Crippen molar-refractivity contribution in [1.82, 2.24) is 15.3 Å². The summed E-state index contributed by atoms with van der Waals surface area (Å²) in [6, 6.07) is 21.0. The SMILES string of the molecule is CC(=O)O.Fc1cccc(CCNCCOc2ccc(-c3ccc4nc[nH]c4c3)cc2)c1. The van der Waals surface area contributed by atoms with Gasteiger partial charge in [-0.05, 0) is 66.1 Å². The number of nitrogens with zero attached hydrogens (tertiary/aromatic N) is 1. The topological polar surface area (TPSA) is 87.2 Å². The molecule has 32 heavy (non-hydrogen) atoms. The molecule has 0 saturated carbocycles. The number of hydrogen-bond donors (Lipinski definition) is 3. The van der Waals surface area contributed by atoms with E-state index in [1.807, 2.05) is 24.3 Å². The largest absolute Gasteiger partial charge is 0.492 e. The number of fused-ring (bicyclic) bond motifs is 1. The smallest absolute Gasteiger partial charge is 0.300 e. The molecule has 4 rings (SSSR count). The fraction of sp³-hybridized carbons (Fsp3) is 0.200. The van der Waals surface area contributed by atoms with E-state index in [1.165, 1.54) is 6.07 Å². The molecule has 4 aromatic rings. The van der Waals surface area contributed by atoms with Gasteiger partial charge in [-0.25, -0.2) is 9.37 Å². The zero-order valence-corrected chi connectivity index (χ0v) is 17.8. The molecule has 0 bridgehead atoms. The number of carboxylic acids is 1. The van der Waals surface area contributed by atoms with Crippen LogP contribution in [-0.2, 0) is 11.2 Å². The molecule has 0 amide bonds. The van der Waals surface area contributed by atoms with Crippen molar-refractivity contribution in [3.63, 3.8) is 0 Å². The van der Waals surface area contributed by atoms with Gasteiger partial charge in [-0.15, -0.1) is 0 Å². The lowest BCUT2D eigenvalue weighted by molar-refractivity contribution is -0.134. The Balaban J connectivity index is 0.000000668. The molecule has 3 N–H and O–H groups in total. The number of aromatic amines is 1. The van der Waals surface area contributed by atoms with E-state index in [0.29, 0.717) is 6.61 Å². The lowest BCUT2D eigenvalue weighted by atomic mass is 10.1. The third-order valence-electron chi connectivity index (χ3n) is 4.63. The number of nitrogens with one attached hydrogen (secondary N) is 2. The number of rotatable bonds is 8. The summed E-state index contributed by atoms with van der Waals surface area (Å²) in [4.78, 5) is 16.4. The highest BCUT2D eigenvalue weighted by Crippen LogP contribution is 2.24. The molecule has 0 aliphatic rings. The van der Waals surface area contributed by atoms with Gasteiger partial charge >= 0.3 is 0 Å². The van der Waals surface area contributed by atoms with Crippen LogP contribution in [-0.4, -0.2) is 40.7 Å². The summed E-state index contributed by atoms with van der Waals surface area (Å²) >= 11 is 0. The van der Waals surface area contributed by atoms with E-state index in [4.69, 9.17) is 14.6 Å². The molecule has 0 radical (unpaired) electrons. The molecule has 0 saturated heterocycles. The molecule has 0 atom stereocenters. The van der Waals surface area contributed by atoms with E-state index in [9.17, 15) is 4.39 Å². The van der Waals surface area contributed by atoms with Crippen LogP contribution >= 0.6 is 0 Å². The maximum absolute atomic E-state index is 13.1. The summed E-state index contributed by atoms with van der Waals surface area (Å²) in [6.45, 7) is 3.21. The summed E-state index contributed by atoms with van der Waals surface area (Å²) in [5.41, 5.74) is 5.27. The fourth-order valence-corrected chi connectivity index (χ4v) is 3.15. The highest BCUT2D eigenvalue weighted by Gasteiger charge is 2.02. The van der Waals surface area contributed by atoms with Gasteiger partial charge in [0.1, 0.15) is 18.2 Å². The van der Waals surface area contributed by atoms with Gasteiger partial charge in [-0.3, -0.25) is 4.79 Å². The minimum Gasteiger partial charge on any atom is -0.492 e. The Labute approximate surface area is 186 Å². The second kappa shape index (κ2) is 11.6. The predicted molar refractivity (Wildman–Crippen MR) is 123 cm³/mol. The second-order valence-corrected chi connectivity index (χ2v) is 7.16. The van der Waals surface area contributed by atoms with Crippen LogP contribution in [0, 0.1) is 5.82 Å². The van der Waals surface area contributed by atoms with Gasteiger partial charge in [0.05, 0.1) is 17.4 Å². The Hall–Kier alpha value is -3.71. The van der Waals surface area contributed by atoms with E-state index in [-0.39, 0.29) is 5.82 Å². The van der Waals surface area contributed by atoms with Crippen LogP contribution in [0.1, 0.15) is 12.5 Å². The predicted octanol–water partition coefficient (Wildman–Crippen LogP) is 4.67. The number of benzene rings is 3. The molecule has 0 unspecified atom stereocenters. The van der Waals surface area contributed by atoms with Gasteiger partial charge in [0.25, 0.3) is 5.97 Å². The summed E-state index contributed by atoms with van der Waals surface area (Å²) in [5.74, 6) is -0.174. The van der Waals surface area contributed by atoms with Crippen molar-refractivity contribution in [2.24, 2.45) is 0 Å². The molecule has 0 aliphatic heterocycles. The molecule has 1 heterocycles. The monoisotopic (exact) mass is 435 g/mol. The quantitative estimate of drug-likeness (QED) is 0.350. The number of H-pyrrole nitrogens is 1. The molecule has 166 valence electrons. The van der Waals surface area contributed by atoms with Gasteiger partial charge < -0.3 is 20.1 Å². The minimum absolute atomic E-state index is 0.186. The van der Waals surface area contributed by atoms with E-state index in [1.54, 1.807) is 18.5 Å².